The fourth-order valence-electron chi connectivity index (χ4n) is 1.39. The molecule has 2 aromatic rings. The SMILES string of the molecule is FC(F)(F)Oc1ccc(-c2sc(CBr)nc2Br)cc1. The summed E-state index contributed by atoms with van der Waals surface area (Å²) in [7, 11) is 0. The second-order valence-electron chi connectivity index (χ2n) is 3.43. The number of rotatable bonds is 3. The second-order valence-corrected chi connectivity index (χ2v) is 5.83. The van der Waals surface area contributed by atoms with E-state index in [2.05, 4.69) is 41.6 Å². The standard InChI is InChI=1S/C11H6Br2F3NOS/c12-5-8-17-10(13)9(19-8)6-1-3-7(4-2-6)18-11(14,15)16/h1-4H,5H2. The lowest BCUT2D eigenvalue weighted by Gasteiger charge is -2.08. The number of hydrogen-bond acceptors (Lipinski definition) is 3. The Kier molecular flexibility index (Phi) is 4.52. The minimum atomic E-state index is -4.67. The largest absolute Gasteiger partial charge is 0.573 e. The molecule has 0 saturated heterocycles. The van der Waals surface area contributed by atoms with Crippen molar-refractivity contribution in [2.45, 2.75) is 11.7 Å². The molecule has 0 aliphatic rings. The van der Waals surface area contributed by atoms with Gasteiger partial charge in [-0.2, -0.15) is 0 Å². The number of ether oxygens (including phenoxy) is 1. The maximum atomic E-state index is 12.0. The van der Waals surface area contributed by atoms with Crippen LogP contribution in [0, 0.1) is 0 Å². The summed E-state index contributed by atoms with van der Waals surface area (Å²) in [6.07, 6.45) is -4.67. The van der Waals surface area contributed by atoms with Gasteiger partial charge in [-0.05, 0) is 45.8 Å². The van der Waals surface area contributed by atoms with Gasteiger partial charge in [-0.25, -0.2) is 4.98 Å². The molecule has 0 spiro atoms. The summed E-state index contributed by atoms with van der Waals surface area (Å²) in [5.41, 5.74) is 0.783. The zero-order valence-corrected chi connectivity index (χ0v) is 13.2. The molecule has 0 aliphatic heterocycles. The van der Waals surface area contributed by atoms with Crippen molar-refractivity contribution in [2.24, 2.45) is 0 Å². The molecule has 102 valence electrons. The predicted octanol–water partition coefficient (Wildman–Crippen LogP) is 5.37. The summed E-state index contributed by atoms with van der Waals surface area (Å²) in [6.45, 7) is 0. The van der Waals surface area contributed by atoms with Crippen LogP contribution in [-0.4, -0.2) is 11.3 Å². The first-order chi connectivity index (χ1) is 8.89. The Labute approximate surface area is 127 Å². The summed E-state index contributed by atoms with van der Waals surface area (Å²) in [5.74, 6) is -0.238. The number of benzene rings is 1. The van der Waals surface area contributed by atoms with Gasteiger partial charge in [0, 0.05) is 0 Å². The molecule has 1 heterocycles. The van der Waals surface area contributed by atoms with Gasteiger partial charge < -0.3 is 4.74 Å². The van der Waals surface area contributed by atoms with Crippen LogP contribution in [0.2, 0.25) is 0 Å². The Hall–Kier alpha value is -0.600. The summed E-state index contributed by atoms with van der Waals surface area (Å²) in [5, 5.41) is 1.52. The van der Waals surface area contributed by atoms with Crippen LogP contribution in [0.1, 0.15) is 5.01 Å². The minimum absolute atomic E-state index is 0.238. The number of nitrogens with zero attached hydrogens (tertiary/aromatic N) is 1. The quantitative estimate of drug-likeness (QED) is 0.628. The Bertz CT molecular complexity index is 568. The second kappa shape index (κ2) is 5.80. The lowest BCUT2D eigenvalue weighted by Crippen LogP contribution is -2.16. The van der Waals surface area contributed by atoms with E-state index in [9.17, 15) is 13.2 Å². The Morgan fingerprint density at radius 1 is 1.21 bits per heavy atom. The topological polar surface area (TPSA) is 22.1 Å². The molecule has 19 heavy (non-hydrogen) atoms. The molecule has 0 saturated carbocycles. The third-order valence-corrected chi connectivity index (χ3v) is 4.94. The van der Waals surface area contributed by atoms with Gasteiger partial charge in [0.2, 0.25) is 0 Å². The van der Waals surface area contributed by atoms with E-state index in [1.807, 2.05) is 0 Å². The number of halogens is 5. The van der Waals surface area contributed by atoms with Crippen molar-refractivity contribution in [3.63, 3.8) is 0 Å². The highest BCUT2D eigenvalue weighted by Crippen LogP contribution is 2.35. The van der Waals surface area contributed by atoms with E-state index in [1.54, 1.807) is 12.1 Å². The first-order valence-electron chi connectivity index (χ1n) is 4.96. The Balaban J connectivity index is 2.24. The van der Waals surface area contributed by atoms with Gasteiger partial charge in [-0.3, -0.25) is 0 Å². The maximum Gasteiger partial charge on any atom is 0.573 e. The van der Waals surface area contributed by atoms with Crippen LogP contribution in [0.3, 0.4) is 0 Å². The van der Waals surface area contributed by atoms with E-state index in [0.717, 1.165) is 15.4 Å². The average Bonchev–Trinajstić information content (AvgIpc) is 2.70. The highest BCUT2D eigenvalue weighted by Gasteiger charge is 2.31. The van der Waals surface area contributed by atoms with Gasteiger partial charge in [0.05, 0.1) is 10.2 Å². The van der Waals surface area contributed by atoms with Gasteiger partial charge in [0.15, 0.2) is 0 Å². The highest BCUT2D eigenvalue weighted by atomic mass is 79.9. The van der Waals surface area contributed by atoms with Gasteiger partial charge in [-0.15, -0.1) is 24.5 Å². The van der Waals surface area contributed by atoms with Crippen molar-refractivity contribution in [3.8, 4) is 16.2 Å². The predicted molar refractivity (Wildman–Crippen MR) is 74.6 cm³/mol. The molecule has 1 aromatic heterocycles. The van der Waals surface area contributed by atoms with Gasteiger partial charge >= 0.3 is 6.36 Å². The smallest absolute Gasteiger partial charge is 0.406 e. The van der Waals surface area contributed by atoms with Crippen LogP contribution in [0.15, 0.2) is 28.9 Å². The summed E-state index contributed by atoms with van der Waals surface area (Å²) < 4.78 is 40.6. The zero-order chi connectivity index (χ0) is 14.0. The van der Waals surface area contributed by atoms with E-state index in [1.165, 1.54) is 23.5 Å². The first kappa shape index (κ1) is 14.8. The lowest BCUT2D eigenvalue weighted by atomic mass is 10.2. The number of thiazole rings is 1. The fraction of sp³-hybridized carbons (Fsp3) is 0.182. The lowest BCUT2D eigenvalue weighted by molar-refractivity contribution is -0.274. The molecule has 0 N–H and O–H groups in total. The molecule has 0 atom stereocenters. The average molecular weight is 417 g/mol. The molecule has 0 radical (unpaired) electrons. The molecular weight excluding hydrogens is 411 g/mol. The van der Waals surface area contributed by atoms with Crippen molar-refractivity contribution in [2.75, 3.05) is 0 Å². The molecule has 0 bridgehead atoms. The third kappa shape index (κ3) is 3.93. The van der Waals surface area contributed by atoms with Gasteiger partial charge in [0.1, 0.15) is 15.4 Å². The van der Waals surface area contributed by atoms with E-state index in [-0.39, 0.29) is 5.75 Å². The molecule has 2 nitrogen and oxygen atoms in total. The van der Waals surface area contributed by atoms with Crippen LogP contribution in [0.4, 0.5) is 13.2 Å². The summed E-state index contributed by atoms with van der Waals surface area (Å²) in [4.78, 5) is 5.13. The number of alkyl halides is 4. The van der Waals surface area contributed by atoms with Gasteiger partial charge in [-0.1, -0.05) is 15.9 Å². The Morgan fingerprint density at radius 2 is 1.84 bits per heavy atom. The molecule has 0 unspecified atom stereocenters. The zero-order valence-electron chi connectivity index (χ0n) is 9.17. The van der Waals surface area contributed by atoms with Crippen molar-refractivity contribution in [1.82, 2.24) is 4.98 Å². The molecule has 8 heteroatoms. The summed E-state index contributed by atoms with van der Waals surface area (Å²) in [6, 6.07) is 5.69. The van der Waals surface area contributed by atoms with Gasteiger partial charge in [0.25, 0.3) is 0 Å². The summed E-state index contributed by atoms with van der Waals surface area (Å²) >= 11 is 8.10. The Morgan fingerprint density at radius 3 is 2.32 bits per heavy atom. The van der Waals surface area contributed by atoms with E-state index in [0.29, 0.717) is 9.93 Å². The third-order valence-electron chi connectivity index (χ3n) is 2.09. The van der Waals surface area contributed by atoms with Crippen molar-refractivity contribution in [3.05, 3.63) is 33.9 Å². The molecular formula is C11H6Br2F3NOS. The van der Waals surface area contributed by atoms with Crippen LogP contribution in [0.5, 0.6) is 5.75 Å². The van der Waals surface area contributed by atoms with Crippen LogP contribution in [0.25, 0.3) is 10.4 Å². The monoisotopic (exact) mass is 415 g/mol. The van der Waals surface area contributed by atoms with Crippen molar-refractivity contribution < 1.29 is 17.9 Å². The maximum absolute atomic E-state index is 12.0. The highest BCUT2D eigenvalue weighted by molar-refractivity contribution is 9.10. The van der Waals surface area contributed by atoms with E-state index < -0.39 is 6.36 Å². The normalized spacial score (nSPS) is 11.6. The van der Waals surface area contributed by atoms with Crippen molar-refractivity contribution in [1.29, 1.82) is 0 Å². The number of hydrogen-bond donors (Lipinski definition) is 0. The molecule has 2 rings (SSSR count). The molecule has 0 amide bonds. The molecule has 0 aliphatic carbocycles. The van der Waals surface area contributed by atoms with Crippen LogP contribution >= 0.6 is 43.2 Å². The van der Waals surface area contributed by atoms with Crippen LogP contribution in [-0.2, 0) is 5.33 Å². The van der Waals surface area contributed by atoms with Crippen LogP contribution < -0.4 is 4.74 Å². The minimum Gasteiger partial charge on any atom is -0.406 e. The van der Waals surface area contributed by atoms with Crippen molar-refractivity contribution >= 4 is 43.2 Å². The molecule has 1 aromatic carbocycles. The van der Waals surface area contributed by atoms with E-state index >= 15 is 0 Å². The first-order valence-corrected chi connectivity index (χ1v) is 7.69. The molecule has 0 fully saturated rings. The van der Waals surface area contributed by atoms with E-state index in [4.69, 9.17) is 0 Å². The fourth-order valence-corrected chi connectivity index (χ4v) is 3.47. The number of aromatic nitrogens is 1.